The van der Waals surface area contributed by atoms with Crippen LogP contribution in [-0.4, -0.2) is 124 Å². The standard InChI is InChI=1S/C36H45NO17/c1-16-11-12-23-22(10-9-13-37-23)32(45)48-14-33(7)24-26(49-18(3)39)30(52-21(6)42)35(15-47-17(2)38)29(51-20(5)41)25(43)28(53-31(16)44)34(8,46)36(35,54-33)27(24)50-19(4)40/h9-10,13,16,24-30,43,46H,11-12,14-15H2,1-8H3/t16?,24-,25+,26-,27-,28+,29+,30-,33+,34+,35+,36+/m1/s1. The van der Waals surface area contributed by atoms with Crippen molar-refractivity contribution in [2.75, 3.05) is 13.2 Å². The Morgan fingerprint density at radius 3 is 2.07 bits per heavy atom. The molecule has 4 bridgehead atoms. The van der Waals surface area contributed by atoms with Crippen LogP contribution in [0.15, 0.2) is 18.3 Å². The summed E-state index contributed by atoms with van der Waals surface area (Å²) in [7, 11) is 0. The zero-order valence-corrected chi connectivity index (χ0v) is 31.1. The van der Waals surface area contributed by atoms with E-state index in [0.717, 1.165) is 41.5 Å². The van der Waals surface area contributed by atoms with Crippen LogP contribution in [0.5, 0.6) is 0 Å². The fraction of sp³-hybridized carbons (Fsp3) is 0.667. The maximum absolute atomic E-state index is 13.9. The van der Waals surface area contributed by atoms with Gasteiger partial charge in [0.25, 0.3) is 0 Å². The first kappa shape index (κ1) is 40.5. The van der Waals surface area contributed by atoms with E-state index >= 15 is 0 Å². The van der Waals surface area contributed by atoms with Crippen LogP contribution in [0.1, 0.15) is 77.9 Å². The number of aliphatic hydroxyl groups excluding tert-OH is 1. The van der Waals surface area contributed by atoms with Crippen LogP contribution in [0.3, 0.4) is 0 Å². The predicted octanol–water partition coefficient (Wildman–Crippen LogP) is 0.292. The van der Waals surface area contributed by atoms with Crippen molar-refractivity contribution >= 4 is 41.8 Å². The van der Waals surface area contributed by atoms with Crippen molar-refractivity contribution in [1.29, 1.82) is 0 Å². The Morgan fingerprint density at radius 1 is 0.889 bits per heavy atom. The lowest BCUT2D eigenvalue weighted by Crippen LogP contribution is -2.89. The fourth-order valence-corrected chi connectivity index (χ4v) is 8.87. The van der Waals surface area contributed by atoms with Crippen molar-refractivity contribution in [3.8, 4) is 0 Å². The highest BCUT2D eigenvalue weighted by molar-refractivity contribution is 5.90. The van der Waals surface area contributed by atoms with Gasteiger partial charge in [-0.2, -0.15) is 0 Å². The zero-order chi connectivity index (χ0) is 40.1. The molecule has 0 radical (unpaired) electrons. The minimum absolute atomic E-state index is 0.0434. The number of hydrogen-bond acceptors (Lipinski definition) is 18. The van der Waals surface area contributed by atoms with E-state index in [-0.39, 0.29) is 24.1 Å². The molecule has 0 amide bonds. The molecule has 18 heteroatoms. The molecule has 2 aliphatic carbocycles. The molecule has 54 heavy (non-hydrogen) atoms. The van der Waals surface area contributed by atoms with Gasteiger partial charge in [-0.25, -0.2) is 4.79 Å². The third-order valence-electron chi connectivity index (χ3n) is 10.9. The molecule has 3 heterocycles. The molecule has 12 atom stereocenters. The summed E-state index contributed by atoms with van der Waals surface area (Å²) in [5, 5.41) is 25.4. The first-order valence-corrected chi connectivity index (χ1v) is 17.4. The maximum Gasteiger partial charge on any atom is 0.340 e. The van der Waals surface area contributed by atoms with Crippen molar-refractivity contribution in [1.82, 2.24) is 4.98 Å². The van der Waals surface area contributed by atoms with E-state index < -0.39 is 126 Å². The van der Waals surface area contributed by atoms with Crippen LogP contribution in [0.2, 0.25) is 0 Å². The highest BCUT2D eigenvalue weighted by Gasteiger charge is 2.91. The smallest absolute Gasteiger partial charge is 0.340 e. The average molecular weight is 764 g/mol. The van der Waals surface area contributed by atoms with Gasteiger partial charge in [-0.15, -0.1) is 0 Å². The SMILES string of the molecule is CC(=O)OC[C@]12[C@H](OC(C)=O)[C@H](OC(C)=O)[C@@H]3[C@@H](OC(C)=O)[C@@]14O[C@@]3(C)COC(=O)c1cccnc1CCC(C)C(=O)O[C@@H]([C@H](O)[C@@H]2OC(C)=O)[C@]4(C)O. The van der Waals surface area contributed by atoms with Crippen LogP contribution >= 0.6 is 0 Å². The number of aromatic nitrogens is 1. The van der Waals surface area contributed by atoms with Gasteiger partial charge in [0.2, 0.25) is 0 Å². The summed E-state index contributed by atoms with van der Waals surface area (Å²) >= 11 is 0. The fourth-order valence-electron chi connectivity index (χ4n) is 8.87. The number of ether oxygens (including phenoxy) is 8. The topological polar surface area (TPSA) is 247 Å². The maximum atomic E-state index is 13.9. The van der Waals surface area contributed by atoms with Gasteiger partial charge in [0, 0.05) is 40.8 Å². The lowest BCUT2D eigenvalue weighted by molar-refractivity contribution is -0.386. The molecule has 1 unspecified atom stereocenters. The van der Waals surface area contributed by atoms with E-state index in [0.29, 0.717) is 0 Å². The van der Waals surface area contributed by atoms with Crippen molar-refractivity contribution in [2.24, 2.45) is 17.3 Å². The first-order valence-electron chi connectivity index (χ1n) is 17.4. The van der Waals surface area contributed by atoms with Gasteiger partial charge in [0.05, 0.1) is 23.1 Å². The Morgan fingerprint density at radius 2 is 1.48 bits per heavy atom. The van der Waals surface area contributed by atoms with Gasteiger partial charge in [-0.3, -0.25) is 33.8 Å². The van der Waals surface area contributed by atoms with E-state index in [1.165, 1.54) is 32.2 Å². The van der Waals surface area contributed by atoms with Crippen molar-refractivity contribution in [2.45, 2.75) is 122 Å². The number of nitrogens with zero attached hydrogens (tertiary/aromatic N) is 1. The number of pyridine rings is 1. The molecule has 1 aromatic rings. The number of fused-ring (bicyclic) bond motifs is 5. The summed E-state index contributed by atoms with van der Waals surface area (Å²) in [6, 6.07) is 2.96. The minimum Gasteiger partial charge on any atom is -0.465 e. The largest absolute Gasteiger partial charge is 0.465 e. The molecule has 4 aliphatic rings. The number of carbonyl (C=O) groups excluding carboxylic acids is 7. The lowest BCUT2D eigenvalue weighted by Gasteiger charge is -2.67. The lowest BCUT2D eigenvalue weighted by atomic mass is 9.45. The van der Waals surface area contributed by atoms with E-state index in [1.807, 2.05) is 0 Å². The number of esters is 7. The molecular formula is C36H45NO17. The van der Waals surface area contributed by atoms with Crippen LogP contribution < -0.4 is 0 Å². The van der Waals surface area contributed by atoms with E-state index in [4.69, 9.17) is 37.9 Å². The number of rotatable bonds is 6. The van der Waals surface area contributed by atoms with Crippen LogP contribution in [0, 0.1) is 17.3 Å². The second kappa shape index (κ2) is 14.5. The second-order valence-corrected chi connectivity index (χ2v) is 14.7. The van der Waals surface area contributed by atoms with Gasteiger partial charge in [-0.05, 0) is 38.8 Å². The highest BCUT2D eigenvalue weighted by Crippen LogP contribution is 2.70. The molecular weight excluding hydrogens is 718 g/mol. The number of carbonyl (C=O) groups is 7. The summed E-state index contributed by atoms with van der Waals surface area (Å²) in [5.41, 5.74) is -9.68. The molecule has 2 aliphatic heterocycles. The molecule has 0 aromatic carbocycles. The molecule has 5 rings (SSSR count). The molecule has 1 aromatic heterocycles. The summed E-state index contributed by atoms with van der Waals surface area (Å²) in [4.78, 5) is 96.6. The number of aryl methyl sites for hydroxylation is 1. The zero-order valence-electron chi connectivity index (χ0n) is 31.1. The average Bonchev–Trinajstić information content (AvgIpc) is 3.29. The highest BCUT2D eigenvalue weighted by atomic mass is 16.7. The van der Waals surface area contributed by atoms with E-state index in [1.54, 1.807) is 0 Å². The van der Waals surface area contributed by atoms with Crippen LogP contribution in [-0.2, 0) is 73.1 Å². The van der Waals surface area contributed by atoms with E-state index in [2.05, 4.69) is 4.98 Å². The van der Waals surface area contributed by atoms with Crippen molar-refractivity contribution in [3.63, 3.8) is 0 Å². The number of cyclic esters (lactones) is 1. The summed E-state index contributed by atoms with van der Waals surface area (Å²) in [5.74, 6) is -9.27. The Balaban J connectivity index is 1.94. The molecule has 1 saturated heterocycles. The van der Waals surface area contributed by atoms with Crippen molar-refractivity contribution < 1.29 is 81.7 Å². The summed E-state index contributed by atoms with van der Waals surface area (Å²) in [6.07, 6.45) is -10.3. The molecule has 18 nitrogen and oxygen atoms in total. The van der Waals surface area contributed by atoms with Gasteiger partial charge < -0.3 is 48.1 Å². The normalized spacial score (nSPS) is 38.6. The minimum atomic E-state index is -2.76. The number of aliphatic hydroxyl groups is 2. The van der Waals surface area contributed by atoms with Crippen LogP contribution in [0.25, 0.3) is 0 Å². The van der Waals surface area contributed by atoms with Gasteiger partial charge in [0.1, 0.15) is 54.2 Å². The second-order valence-electron chi connectivity index (χ2n) is 14.7. The predicted molar refractivity (Wildman–Crippen MR) is 176 cm³/mol. The Kier molecular flexibility index (Phi) is 10.9. The third-order valence-corrected chi connectivity index (χ3v) is 10.9. The molecule has 2 saturated carbocycles. The first-order chi connectivity index (χ1) is 25.1. The molecule has 2 N–H and O–H groups in total. The summed E-state index contributed by atoms with van der Waals surface area (Å²) < 4.78 is 47.7. The van der Waals surface area contributed by atoms with Gasteiger partial charge in [-0.1, -0.05) is 6.92 Å². The van der Waals surface area contributed by atoms with Crippen LogP contribution in [0.4, 0.5) is 0 Å². The quantitative estimate of drug-likeness (QED) is 0.292. The Hall–Kier alpha value is -4.68. The van der Waals surface area contributed by atoms with Gasteiger partial charge in [0.15, 0.2) is 17.8 Å². The molecule has 296 valence electrons. The third kappa shape index (κ3) is 6.46. The monoisotopic (exact) mass is 763 g/mol. The van der Waals surface area contributed by atoms with Gasteiger partial charge >= 0.3 is 41.8 Å². The Bertz CT molecular complexity index is 1730. The summed E-state index contributed by atoms with van der Waals surface area (Å²) in [6.45, 7) is 7.26. The van der Waals surface area contributed by atoms with E-state index in [9.17, 15) is 43.8 Å². The number of hydrogen-bond donors (Lipinski definition) is 2. The Labute approximate surface area is 310 Å². The van der Waals surface area contributed by atoms with Crippen molar-refractivity contribution in [3.05, 3.63) is 29.6 Å². The molecule has 1 spiro atoms. The molecule has 3 fully saturated rings.